The molecule has 11 heteroatoms. The van der Waals surface area contributed by atoms with Gasteiger partial charge in [0, 0.05) is 29.6 Å². The van der Waals surface area contributed by atoms with Crippen LogP contribution in [0, 0.1) is 38.3 Å². The van der Waals surface area contributed by atoms with Gasteiger partial charge in [-0.05, 0) is 54.3 Å². The topological polar surface area (TPSA) is 186 Å². The summed E-state index contributed by atoms with van der Waals surface area (Å²) in [5.41, 5.74) is -2.95. The number of anilines is 1. The van der Waals surface area contributed by atoms with Crippen LogP contribution in [0.25, 0.3) is 0 Å². The third-order valence-corrected chi connectivity index (χ3v) is 8.82. The molecule has 3 N–H and O–H groups in total. The Morgan fingerprint density at radius 3 is 2.04 bits per heavy atom. The van der Waals surface area contributed by atoms with Crippen molar-refractivity contribution < 1.29 is 29.9 Å². The van der Waals surface area contributed by atoms with E-state index in [4.69, 9.17) is 4.74 Å². The predicted molar refractivity (Wildman–Crippen MR) is 169 cm³/mol. The zero-order valence-corrected chi connectivity index (χ0v) is 24.8. The number of hydrogen-bond donors (Lipinski definition) is 3. The van der Waals surface area contributed by atoms with E-state index in [0.717, 1.165) is 0 Å². The van der Waals surface area contributed by atoms with Crippen molar-refractivity contribution in [3.63, 3.8) is 0 Å². The maximum Gasteiger partial charge on any atom is 0.327 e. The van der Waals surface area contributed by atoms with E-state index in [2.05, 4.69) is 6.07 Å². The second-order valence-corrected chi connectivity index (χ2v) is 11.2. The number of nitrogens with zero attached hydrogens (tertiary/aromatic N) is 3. The highest BCUT2D eigenvalue weighted by Gasteiger charge is 2.67. The molecule has 2 aliphatic rings. The van der Waals surface area contributed by atoms with Gasteiger partial charge in [-0.1, -0.05) is 72.8 Å². The Morgan fingerprint density at radius 2 is 1.54 bits per heavy atom. The van der Waals surface area contributed by atoms with Crippen LogP contribution < -0.4 is 5.23 Å². The summed E-state index contributed by atoms with van der Waals surface area (Å²) in [6.07, 6.45) is 4.83. The Balaban J connectivity index is 1.88. The first-order chi connectivity index (χ1) is 22.1. The predicted octanol–water partition coefficient (Wildman–Crippen LogP) is 5.62. The lowest BCUT2D eigenvalue weighted by Gasteiger charge is -2.54. The molecule has 0 aromatic heterocycles. The third-order valence-electron chi connectivity index (χ3n) is 8.82. The van der Waals surface area contributed by atoms with Gasteiger partial charge >= 0.3 is 5.97 Å². The Bertz CT molecular complexity index is 1720. The first-order valence-electron chi connectivity index (χ1n) is 14.6. The lowest BCUT2D eigenvalue weighted by molar-refractivity contribution is -0.377. The Hall–Kier alpha value is -5.41. The summed E-state index contributed by atoms with van der Waals surface area (Å²) in [5, 5.41) is 79.8. The summed E-state index contributed by atoms with van der Waals surface area (Å²) < 4.78 is 5.59. The van der Waals surface area contributed by atoms with Crippen molar-refractivity contribution in [1.82, 2.24) is 0 Å². The molecule has 5 rings (SSSR count). The molecule has 0 aliphatic heterocycles. The molecule has 3 aromatic carbocycles. The minimum absolute atomic E-state index is 0.0351. The van der Waals surface area contributed by atoms with Gasteiger partial charge in [-0.25, -0.2) is 0 Å². The number of hydrogen-bond acceptors (Lipinski definition) is 10. The van der Waals surface area contributed by atoms with Gasteiger partial charge in [0.25, 0.3) is 0 Å². The van der Waals surface area contributed by atoms with E-state index in [9.17, 15) is 41.1 Å². The van der Waals surface area contributed by atoms with Crippen LogP contribution >= 0.6 is 0 Å². The molecule has 5 unspecified atom stereocenters. The molecule has 236 valence electrons. The number of aliphatic hydroxyl groups is 2. The maximum atomic E-state index is 14.2. The summed E-state index contributed by atoms with van der Waals surface area (Å²) in [7, 11) is 0. The molecule has 5 atom stereocenters. The molecule has 11 nitrogen and oxygen atoms in total. The fourth-order valence-corrected chi connectivity index (χ4v) is 6.74. The minimum atomic E-state index is -2.01. The number of carbonyl (C=O) groups excluding carboxylic acids is 1. The molecule has 0 amide bonds. The minimum Gasteiger partial charge on any atom is -0.733 e. The van der Waals surface area contributed by atoms with E-state index < -0.39 is 45.4 Å². The van der Waals surface area contributed by atoms with Crippen molar-refractivity contribution in [2.45, 2.75) is 30.8 Å². The second-order valence-electron chi connectivity index (χ2n) is 11.2. The van der Waals surface area contributed by atoms with Gasteiger partial charge in [-0.15, -0.1) is 0 Å². The van der Waals surface area contributed by atoms with Crippen molar-refractivity contribution in [3.05, 3.63) is 153 Å². The van der Waals surface area contributed by atoms with Crippen molar-refractivity contribution in [3.8, 4) is 6.07 Å². The first kappa shape index (κ1) is 32.0. The SMILES string of the molecule is CCOC(=O)C1(C#N)C(c2ccccc2)CC(O)(c2ccc(N([O-])O)cc2)C(C(O)=C2C=CC(=[N+]([O-])[O-])C=C2)C1c1ccccc1. The molecule has 46 heavy (non-hydrogen) atoms. The van der Waals surface area contributed by atoms with Crippen LogP contribution in [-0.4, -0.2) is 38.6 Å². The molecule has 0 radical (unpaired) electrons. The molecule has 0 bridgehead atoms. The van der Waals surface area contributed by atoms with Crippen molar-refractivity contribution in [2.24, 2.45) is 11.3 Å². The third kappa shape index (κ3) is 5.50. The summed E-state index contributed by atoms with van der Waals surface area (Å²) in [6, 6.07) is 25.1. The van der Waals surface area contributed by atoms with E-state index in [1.807, 2.05) is 0 Å². The molecule has 2 aliphatic carbocycles. The average Bonchev–Trinajstić information content (AvgIpc) is 3.08. The van der Waals surface area contributed by atoms with Gasteiger partial charge in [-0.2, -0.15) is 10.2 Å². The molecular weight excluding hydrogens is 590 g/mol. The smallest absolute Gasteiger partial charge is 0.327 e. The van der Waals surface area contributed by atoms with E-state index in [-0.39, 0.29) is 40.8 Å². The highest BCUT2D eigenvalue weighted by Crippen LogP contribution is 2.64. The van der Waals surface area contributed by atoms with Crippen LogP contribution in [-0.2, 0) is 15.1 Å². The fraction of sp³-hybridized carbons (Fsp3) is 0.229. The zero-order valence-electron chi connectivity index (χ0n) is 24.8. The second kappa shape index (κ2) is 12.9. The normalized spacial score (nSPS) is 25.4. The quantitative estimate of drug-likeness (QED) is 0.129. The number of carbonyl (C=O) groups is 1. The van der Waals surface area contributed by atoms with Gasteiger partial charge in [0.1, 0.15) is 11.4 Å². The number of aliphatic hydroxyl groups excluding tert-OH is 1. The average molecular weight is 622 g/mol. The zero-order chi connectivity index (χ0) is 33.1. The van der Waals surface area contributed by atoms with Crippen LogP contribution in [0.1, 0.15) is 41.9 Å². The van der Waals surface area contributed by atoms with Gasteiger partial charge in [0.05, 0.1) is 24.3 Å². The summed E-state index contributed by atoms with van der Waals surface area (Å²) in [6.45, 7) is 1.59. The number of rotatable bonds is 7. The van der Waals surface area contributed by atoms with Crippen LogP contribution in [0.4, 0.5) is 5.69 Å². The van der Waals surface area contributed by atoms with Crippen LogP contribution in [0.3, 0.4) is 0 Å². The van der Waals surface area contributed by atoms with Gasteiger partial charge < -0.3 is 35.8 Å². The number of allylic oxidation sites excluding steroid dienone is 5. The van der Waals surface area contributed by atoms with E-state index in [1.54, 1.807) is 67.6 Å². The number of esters is 1. The molecule has 1 saturated carbocycles. The molecular formula is C35H31N3O8-2. The fourth-order valence-electron chi connectivity index (χ4n) is 6.74. The lowest BCUT2D eigenvalue weighted by atomic mass is 9.48. The summed E-state index contributed by atoms with van der Waals surface area (Å²) >= 11 is 0. The molecule has 0 spiro atoms. The van der Waals surface area contributed by atoms with E-state index in [1.165, 1.54) is 48.6 Å². The number of nitriles is 1. The molecule has 0 saturated heterocycles. The van der Waals surface area contributed by atoms with Crippen molar-refractivity contribution >= 4 is 17.4 Å². The molecule has 0 heterocycles. The van der Waals surface area contributed by atoms with Crippen LogP contribution in [0.2, 0.25) is 0 Å². The summed E-state index contributed by atoms with van der Waals surface area (Å²) in [5.74, 6) is -4.85. The highest BCUT2D eigenvalue weighted by molar-refractivity contribution is 6.02. The Labute approximate surface area is 265 Å². The largest absolute Gasteiger partial charge is 0.733 e. The van der Waals surface area contributed by atoms with Gasteiger partial charge in [0.2, 0.25) is 5.71 Å². The van der Waals surface area contributed by atoms with Crippen LogP contribution in [0.5, 0.6) is 0 Å². The first-order valence-corrected chi connectivity index (χ1v) is 14.6. The number of ether oxygens (including phenoxy) is 1. The standard InChI is InChI=1S/C35H31N3O8/c1-2-46-33(40)34(22-36)29(23-9-5-3-6-10-23)21-35(41,26-15-19-28(20-16-26)38(44)45)31(30(34)24-11-7-4-8-12-24)32(39)25-13-17-27(18-14-25)37(42)43/h3-20,29-31,41,44H,2,21H2,1H3,(H-,39,42,43)/q-2. The van der Waals surface area contributed by atoms with Gasteiger partial charge in [0.15, 0.2) is 5.41 Å². The lowest BCUT2D eigenvalue weighted by Crippen LogP contribution is -2.57. The number of benzene rings is 3. The van der Waals surface area contributed by atoms with E-state index >= 15 is 0 Å². The van der Waals surface area contributed by atoms with Crippen LogP contribution in [0.15, 0.2) is 121 Å². The van der Waals surface area contributed by atoms with Crippen molar-refractivity contribution in [2.75, 3.05) is 11.8 Å². The Morgan fingerprint density at radius 1 is 0.978 bits per heavy atom. The molecule has 1 fully saturated rings. The summed E-state index contributed by atoms with van der Waals surface area (Å²) in [4.78, 5) is 13.7. The monoisotopic (exact) mass is 621 g/mol. The molecule has 3 aromatic rings. The maximum absolute atomic E-state index is 14.2. The Kier molecular flexibility index (Phi) is 8.98. The van der Waals surface area contributed by atoms with Gasteiger partial charge in [-0.3, -0.25) is 10.0 Å². The van der Waals surface area contributed by atoms with Crippen molar-refractivity contribution in [1.29, 1.82) is 5.26 Å². The van der Waals surface area contributed by atoms with E-state index in [0.29, 0.717) is 11.1 Å². The highest BCUT2D eigenvalue weighted by atomic mass is 16.8.